The van der Waals surface area contributed by atoms with E-state index in [0.717, 1.165) is 35.0 Å². The minimum atomic E-state index is -0.389. The number of carbonyl (C=O) groups excluding carboxylic acids is 1. The largest absolute Gasteiger partial charge is 0.456 e. The quantitative estimate of drug-likeness (QED) is 0.679. The second-order valence-corrected chi connectivity index (χ2v) is 4.57. The van der Waals surface area contributed by atoms with Crippen LogP contribution in [0.4, 0.5) is 0 Å². The van der Waals surface area contributed by atoms with Crippen LogP contribution in [0.15, 0.2) is 34.8 Å². The van der Waals surface area contributed by atoms with Crippen molar-refractivity contribution in [2.24, 2.45) is 5.41 Å². The Bertz CT molecular complexity index is 592. The van der Waals surface area contributed by atoms with Gasteiger partial charge in [-0.2, -0.15) is 0 Å². The molecule has 1 unspecified atom stereocenters. The number of fused-ring (bicyclic) bond motifs is 3. The molecule has 1 aliphatic carbocycles. The molecule has 2 aromatic rings. The Balaban J connectivity index is 2.25. The van der Waals surface area contributed by atoms with Crippen molar-refractivity contribution in [3.05, 3.63) is 41.7 Å². The molecule has 80 valence electrons. The molecule has 0 N–H and O–H groups in total. The maximum atomic E-state index is 11.1. The fourth-order valence-corrected chi connectivity index (χ4v) is 2.22. The summed E-state index contributed by atoms with van der Waals surface area (Å²) >= 11 is 0. The number of hydrogen-bond acceptors (Lipinski definition) is 2. The lowest BCUT2D eigenvalue weighted by atomic mass is 9.80. The van der Waals surface area contributed by atoms with Gasteiger partial charge in [-0.05, 0) is 25.5 Å². The summed E-state index contributed by atoms with van der Waals surface area (Å²) in [7, 11) is 0. The highest BCUT2D eigenvalue weighted by Crippen LogP contribution is 2.36. The van der Waals surface area contributed by atoms with Gasteiger partial charge in [0.1, 0.15) is 17.6 Å². The molecule has 2 heteroatoms. The molecule has 1 aromatic carbocycles. The predicted octanol–water partition coefficient (Wildman–Crippen LogP) is 3.21. The monoisotopic (exact) mass is 212 g/mol. The van der Waals surface area contributed by atoms with Gasteiger partial charge in [-0.15, -0.1) is 0 Å². The molecular weight excluding hydrogens is 200 g/mol. The van der Waals surface area contributed by atoms with Gasteiger partial charge in [0.25, 0.3) is 0 Å². The average molecular weight is 212 g/mol. The van der Waals surface area contributed by atoms with Gasteiger partial charge in [0.05, 0.1) is 0 Å². The zero-order chi connectivity index (χ0) is 11.2. The molecule has 2 nitrogen and oxygen atoms in total. The van der Waals surface area contributed by atoms with Crippen molar-refractivity contribution in [2.45, 2.75) is 13.3 Å². The standard InChI is InChI=1S/C14H12O2/c1-14(9-15)7-6-13-11(8-14)10-4-2-3-5-12(10)16-13/h2-7,9H,8H2,1H3. The first-order valence-electron chi connectivity index (χ1n) is 5.38. The Hall–Kier alpha value is -1.83. The third kappa shape index (κ3) is 1.23. The lowest BCUT2D eigenvalue weighted by Crippen LogP contribution is -2.20. The summed E-state index contributed by atoms with van der Waals surface area (Å²) in [6, 6.07) is 7.95. The van der Waals surface area contributed by atoms with Gasteiger partial charge in [-0.25, -0.2) is 0 Å². The first kappa shape index (κ1) is 9.40. The minimum absolute atomic E-state index is 0.389. The molecule has 0 aliphatic heterocycles. The van der Waals surface area contributed by atoms with Gasteiger partial charge in [-0.3, -0.25) is 0 Å². The number of allylic oxidation sites excluding steroid dienone is 1. The molecule has 0 saturated heterocycles. The van der Waals surface area contributed by atoms with E-state index in [4.69, 9.17) is 4.42 Å². The number of para-hydroxylation sites is 1. The molecular formula is C14H12O2. The van der Waals surface area contributed by atoms with Gasteiger partial charge in [0.2, 0.25) is 0 Å². The zero-order valence-electron chi connectivity index (χ0n) is 9.07. The first-order valence-corrected chi connectivity index (χ1v) is 5.38. The summed E-state index contributed by atoms with van der Waals surface area (Å²) in [5.41, 5.74) is 1.65. The average Bonchev–Trinajstić information content (AvgIpc) is 2.67. The van der Waals surface area contributed by atoms with Crippen molar-refractivity contribution >= 4 is 23.3 Å². The van der Waals surface area contributed by atoms with Gasteiger partial charge in [0.15, 0.2) is 0 Å². The molecule has 1 heterocycles. The summed E-state index contributed by atoms with van der Waals surface area (Å²) in [5, 5.41) is 1.12. The maximum Gasteiger partial charge on any atom is 0.135 e. The maximum absolute atomic E-state index is 11.1. The van der Waals surface area contributed by atoms with E-state index in [9.17, 15) is 4.79 Å². The lowest BCUT2D eigenvalue weighted by Gasteiger charge is -2.21. The highest BCUT2D eigenvalue weighted by Gasteiger charge is 2.28. The second-order valence-electron chi connectivity index (χ2n) is 4.57. The van der Waals surface area contributed by atoms with E-state index in [0.29, 0.717) is 0 Å². The van der Waals surface area contributed by atoms with E-state index in [1.807, 2.05) is 43.3 Å². The molecule has 0 amide bonds. The molecule has 1 aliphatic rings. The zero-order valence-corrected chi connectivity index (χ0v) is 9.07. The molecule has 16 heavy (non-hydrogen) atoms. The molecule has 0 bridgehead atoms. The van der Waals surface area contributed by atoms with Crippen LogP contribution in [0.5, 0.6) is 0 Å². The molecule has 0 radical (unpaired) electrons. The summed E-state index contributed by atoms with van der Waals surface area (Å²) in [4.78, 5) is 11.1. The number of rotatable bonds is 1. The SMILES string of the molecule is CC1(C=O)C=Cc2oc3ccccc3c2C1. The summed E-state index contributed by atoms with van der Waals surface area (Å²) in [5.74, 6) is 0.889. The Labute approximate surface area is 93.6 Å². The topological polar surface area (TPSA) is 30.2 Å². The van der Waals surface area contributed by atoms with E-state index in [2.05, 4.69) is 0 Å². The van der Waals surface area contributed by atoms with Crippen LogP contribution in [0, 0.1) is 5.41 Å². The van der Waals surface area contributed by atoms with Crippen molar-refractivity contribution in [1.82, 2.24) is 0 Å². The van der Waals surface area contributed by atoms with Crippen molar-refractivity contribution in [3.63, 3.8) is 0 Å². The van der Waals surface area contributed by atoms with Gasteiger partial charge in [0, 0.05) is 16.4 Å². The van der Waals surface area contributed by atoms with Crippen molar-refractivity contribution in [1.29, 1.82) is 0 Å². The Kier molecular flexibility index (Phi) is 1.81. The van der Waals surface area contributed by atoms with Crippen LogP contribution in [0.1, 0.15) is 18.2 Å². The van der Waals surface area contributed by atoms with E-state index in [-0.39, 0.29) is 5.41 Å². The molecule has 1 aromatic heterocycles. The highest BCUT2D eigenvalue weighted by atomic mass is 16.3. The highest BCUT2D eigenvalue weighted by molar-refractivity contribution is 5.86. The number of furan rings is 1. The van der Waals surface area contributed by atoms with Crippen LogP contribution in [0.3, 0.4) is 0 Å². The van der Waals surface area contributed by atoms with Crippen LogP contribution in [-0.2, 0) is 11.2 Å². The lowest BCUT2D eigenvalue weighted by molar-refractivity contribution is -0.113. The normalized spacial score (nSPS) is 23.3. The minimum Gasteiger partial charge on any atom is -0.456 e. The summed E-state index contributed by atoms with van der Waals surface area (Å²) < 4.78 is 5.73. The first-order chi connectivity index (χ1) is 7.72. The van der Waals surface area contributed by atoms with Gasteiger partial charge >= 0.3 is 0 Å². The predicted molar refractivity (Wildman–Crippen MR) is 63.1 cm³/mol. The molecule has 1 atom stereocenters. The second kappa shape index (κ2) is 3.08. The third-order valence-corrected chi connectivity index (χ3v) is 3.17. The Morgan fingerprint density at radius 1 is 1.38 bits per heavy atom. The van der Waals surface area contributed by atoms with Crippen LogP contribution < -0.4 is 0 Å². The van der Waals surface area contributed by atoms with Gasteiger partial charge < -0.3 is 9.21 Å². The van der Waals surface area contributed by atoms with Crippen LogP contribution in [0.2, 0.25) is 0 Å². The number of aldehydes is 1. The van der Waals surface area contributed by atoms with Crippen LogP contribution in [-0.4, -0.2) is 6.29 Å². The Morgan fingerprint density at radius 3 is 3.00 bits per heavy atom. The number of benzene rings is 1. The fraction of sp³-hybridized carbons (Fsp3) is 0.214. The summed E-state index contributed by atoms with van der Waals surface area (Å²) in [6.45, 7) is 1.95. The number of hydrogen-bond donors (Lipinski definition) is 0. The summed E-state index contributed by atoms with van der Waals surface area (Å²) in [6.07, 6.45) is 5.56. The van der Waals surface area contributed by atoms with Crippen LogP contribution in [0.25, 0.3) is 17.0 Å². The van der Waals surface area contributed by atoms with E-state index in [1.54, 1.807) is 0 Å². The van der Waals surface area contributed by atoms with E-state index >= 15 is 0 Å². The smallest absolute Gasteiger partial charge is 0.135 e. The third-order valence-electron chi connectivity index (χ3n) is 3.17. The molecule has 0 spiro atoms. The van der Waals surface area contributed by atoms with Crippen molar-refractivity contribution in [3.8, 4) is 0 Å². The fourth-order valence-electron chi connectivity index (χ4n) is 2.22. The number of carbonyl (C=O) groups is 1. The molecule has 0 fully saturated rings. The molecule has 3 rings (SSSR count). The van der Waals surface area contributed by atoms with Crippen molar-refractivity contribution in [2.75, 3.05) is 0 Å². The van der Waals surface area contributed by atoms with Crippen LogP contribution >= 0.6 is 0 Å². The van der Waals surface area contributed by atoms with E-state index < -0.39 is 0 Å². The Morgan fingerprint density at radius 2 is 2.19 bits per heavy atom. The van der Waals surface area contributed by atoms with E-state index in [1.165, 1.54) is 0 Å². The van der Waals surface area contributed by atoms with Crippen molar-refractivity contribution < 1.29 is 9.21 Å². The molecule has 0 saturated carbocycles. The van der Waals surface area contributed by atoms with Gasteiger partial charge in [-0.1, -0.05) is 24.3 Å².